The molecule has 1 rings (SSSR count). The number of carbonyl (C=O) groups excluding carboxylic acids is 2. The number of hydrogen-bond donors (Lipinski definition) is 2. The molecule has 1 aliphatic carbocycles. The van der Waals surface area contributed by atoms with E-state index in [0.29, 0.717) is 17.6 Å². The molecule has 0 aromatic carbocycles. The summed E-state index contributed by atoms with van der Waals surface area (Å²) in [5.74, 6) is -1.62. The lowest BCUT2D eigenvalue weighted by molar-refractivity contribution is -0.146. The van der Waals surface area contributed by atoms with Crippen LogP contribution in [0.15, 0.2) is 35.5 Å². The second-order valence-electron chi connectivity index (χ2n) is 4.30. The average Bonchev–Trinajstić information content (AvgIpc) is 2.50. The highest BCUT2D eigenvalue weighted by Gasteiger charge is 2.25. The van der Waals surface area contributed by atoms with Crippen LogP contribution in [0.4, 0.5) is 0 Å². The number of esters is 2. The van der Waals surface area contributed by atoms with Gasteiger partial charge >= 0.3 is 11.9 Å². The van der Waals surface area contributed by atoms with Crippen LogP contribution in [0.5, 0.6) is 0 Å². The monoisotopic (exact) mass is 296 g/mol. The van der Waals surface area contributed by atoms with Gasteiger partial charge in [-0.1, -0.05) is 25.2 Å². The maximum Gasteiger partial charge on any atom is 0.338 e. The van der Waals surface area contributed by atoms with Crippen LogP contribution < -0.4 is 0 Å². The highest BCUT2D eigenvalue weighted by Crippen LogP contribution is 2.25. The summed E-state index contributed by atoms with van der Waals surface area (Å²) in [4.78, 5) is 23.6. The Bertz CT molecular complexity index is 461. The molecule has 2 N–H and O–H groups in total. The van der Waals surface area contributed by atoms with Crippen molar-refractivity contribution < 1.29 is 29.3 Å². The van der Waals surface area contributed by atoms with Crippen molar-refractivity contribution >= 4 is 11.9 Å². The van der Waals surface area contributed by atoms with Gasteiger partial charge in [0, 0.05) is 0 Å². The van der Waals surface area contributed by atoms with E-state index in [2.05, 4.69) is 0 Å². The Kier molecular flexibility index (Phi) is 7.42. The van der Waals surface area contributed by atoms with E-state index in [1.807, 2.05) is 13.0 Å². The Hall–Kier alpha value is -1.92. The smallest absolute Gasteiger partial charge is 0.338 e. The Labute approximate surface area is 123 Å². The van der Waals surface area contributed by atoms with Gasteiger partial charge in [-0.05, 0) is 18.1 Å². The van der Waals surface area contributed by atoms with Gasteiger partial charge in [0.05, 0.1) is 24.7 Å². The molecule has 6 heteroatoms. The SMILES string of the molecule is CCC=C1C=C(C(=O)OCCO)C=CC1C(=O)OCCO. The van der Waals surface area contributed by atoms with Crippen molar-refractivity contribution in [2.45, 2.75) is 13.3 Å². The molecule has 0 fully saturated rings. The van der Waals surface area contributed by atoms with Gasteiger partial charge in [0.1, 0.15) is 13.2 Å². The van der Waals surface area contributed by atoms with Crippen molar-refractivity contribution in [1.29, 1.82) is 0 Å². The molecule has 0 aliphatic heterocycles. The molecule has 0 radical (unpaired) electrons. The van der Waals surface area contributed by atoms with E-state index in [-0.39, 0.29) is 26.4 Å². The van der Waals surface area contributed by atoms with Gasteiger partial charge in [-0.25, -0.2) is 4.79 Å². The van der Waals surface area contributed by atoms with E-state index < -0.39 is 17.9 Å². The number of carbonyl (C=O) groups is 2. The van der Waals surface area contributed by atoms with Crippen molar-refractivity contribution in [3.05, 3.63) is 35.5 Å². The summed E-state index contributed by atoms with van der Waals surface area (Å²) in [5, 5.41) is 17.3. The van der Waals surface area contributed by atoms with Crippen LogP contribution in [-0.2, 0) is 19.1 Å². The van der Waals surface area contributed by atoms with Crippen LogP contribution in [0, 0.1) is 5.92 Å². The fourth-order valence-electron chi connectivity index (χ4n) is 1.85. The standard InChI is InChI=1S/C15H20O6/c1-2-3-11-10-12(14(18)20-8-6-16)4-5-13(11)15(19)21-9-7-17/h3-5,10,13,16-17H,2,6-9H2,1H3. The van der Waals surface area contributed by atoms with E-state index in [1.165, 1.54) is 6.08 Å². The predicted octanol–water partition coefficient (Wildman–Crippen LogP) is 0.506. The Morgan fingerprint density at radius 3 is 2.52 bits per heavy atom. The minimum Gasteiger partial charge on any atom is -0.463 e. The first-order chi connectivity index (χ1) is 10.1. The first-order valence-electron chi connectivity index (χ1n) is 6.79. The summed E-state index contributed by atoms with van der Waals surface area (Å²) in [6.45, 7) is 1.32. The van der Waals surface area contributed by atoms with Gasteiger partial charge in [0.25, 0.3) is 0 Å². The van der Waals surface area contributed by atoms with E-state index in [1.54, 1.807) is 12.2 Å². The van der Waals surface area contributed by atoms with Crippen molar-refractivity contribution in [3.63, 3.8) is 0 Å². The third kappa shape index (κ3) is 5.17. The van der Waals surface area contributed by atoms with Crippen molar-refractivity contribution in [2.75, 3.05) is 26.4 Å². The minimum atomic E-state index is -0.592. The zero-order valence-electron chi connectivity index (χ0n) is 11.9. The molecular formula is C15H20O6. The van der Waals surface area contributed by atoms with Crippen molar-refractivity contribution in [2.24, 2.45) is 5.92 Å². The normalized spacial score (nSPS) is 19.3. The fraction of sp³-hybridized carbons (Fsp3) is 0.467. The van der Waals surface area contributed by atoms with E-state index in [0.717, 1.165) is 0 Å². The molecule has 21 heavy (non-hydrogen) atoms. The number of aliphatic hydroxyl groups excluding tert-OH is 2. The lowest BCUT2D eigenvalue weighted by atomic mass is 9.90. The summed E-state index contributed by atoms with van der Waals surface area (Å²) in [6.07, 6.45) is 7.17. The molecule has 0 aromatic heterocycles. The lowest BCUT2D eigenvalue weighted by Gasteiger charge is -2.18. The summed E-state index contributed by atoms with van der Waals surface area (Å²) in [5.41, 5.74) is 0.966. The predicted molar refractivity (Wildman–Crippen MR) is 75.2 cm³/mol. The number of ether oxygens (including phenoxy) is 2. The minimum absolute atomic E-state index is 0.0578. The van der Waals surface area contributed by atoms with Crippen LogP contribution in [0.25, 0.3) is 0 Å². The molecule has 0 saturated carbocycles. The van der Waals surface area contributed by atoms with E-state index in [4.69, 9.17) is 19.7 Å². The third-order valence-corrected chi connectivity index (χ3v) is 2.74. The first kappa shape index (κ1) is 17.1. The molecule has 1 atom stereocenters. The quantitative estimate of drug-likeness (QED) is 0.665. The van der Waals surface area contributed by atoms with Gasteiger partial charge in [-0.3, -0.25) is 4.79 Å². The number of allylic oxidation sites excluding steroid dienone is 2. The molecule has 0 saturated heterocycles. The van der Waals surface area contributed by atoms with Gasteiger partial charge in [0.2, 0.25) is 0 Å². The molecule has 0 heterocycles. The molecule has 1 aliphatic rings. The van der Waals surface area contributed by atoms with Crippen LogP contribution in [0.1, 0.15) is 13.3 Å². The van der Waals surface area contributed by atoms with Crippen LogP contribution in [-0.4, -0.2) is 48.6 Å². The zero-order valence-corrected chi connectivity index (χ0v) is 11.9. The van der Waals surface area contributed by atoms with Crippen LogP contribution >= 0.6 is 0 Å². The maximum atomic E-state index is 11.9. The maximum absolute atomic E-state index is 11.9. The molecule has 1 unspecified atom stereocenters. The van der Waals surface area contributed by atoms with Gasteiger partial charge in [0.15, 0.2) is 0 Å². The average molecular weight is 296 g/mol. The van der Waals surface area contributed by atoms with Crippen molar-refractivity contribution in [1.82, 2.24) is 0 Å². The van der Waals surface area contributed by atoms with E-state index >= 15 is 0 Å². The molecule has 116 valence electrons. The van der Waals surface area contributed by atoms with Gasteiger partial charge < -0.3 is 19.7 Å². The summed E-state index contributed by atoms with van der Waals surface area (Å²) in [6, 6.07) is 0. The van der Waals surface area contributed by atoms with E-state index in [9.17, 15) is 9.59 Å². The number of hydrogen-bond acceptors (Lipinski definition) is 6. The highest BCUT2D eigenvalue weighted by molar-refractivity contribution is 5.94. The van der Waals surface area contributed by atoms with Gasteiger partial charge in [-0.15, -0.1) is 0 Å². The summed E-state index contributed by atoms with van der Waals surface area (Å²) < 4.78 is 9.74. The molecule has 6 nitrogen and oxygen atoms in total. The highest BCUT2D eigenvalue weighted by atomic mass is 16.5. The Balaban J connectivity index is 2.83. The molecule has 0 spiro atoms. The van der Waals surface area contributed by atoms with Gasteiger partial charge in [-0.2, -0.15) is 0 Å². The summed E-state index contributed by atoms with van der Waals surface area (Å²) in [7, 11) is 0. The van der Waals surface area contributed by atoms with Crippen LogP contribution in [0.2, 0.25) is 0 Å². The second-order valence-corrected chi connectivity index (χ2v) is 4.30. The number of aliphatic hydroxyl groups is 2. The second kappa shape index (κ2) is 9.10. The summed E-state index contributed by atoms with van der Waals surface area (Å²) >= 11 is 0. The Morgan fingerprint density at radius 2 is 1.90 bits per heavy atom. The van der Waals surface area contributed by atoms with Crippen molar-refractivity contribution in [3.8, 4) is 0 Å². The molecular weight excluding hydrogens is 276 g/mol. The number of rotatable bonds is 7. The Morgan fingerprint density at radius 1 is 1.24 bits per heavy atom. The molecule has 0 aromatic rings. The zero-order chi connectivity index (χ0) is 15.7. The van der Waals surface area contributed by atoms with Crippen LogP contribution in [0.3, 0.4) is 0 Å². The lowest BCUT2D eigenvalue weighted by Crippen LogP contribution is -2.22. The molecule has 0 bridgehead atoms. The topological polar surface area (TPSA) is 93.1 Å². The third-order valence-electron chi connectivity index (χ3n) is 2.74. The largest absolute Gasteiger partial charge is 0.463 e. The molecule has 0 amide bonds. The first-order valence-corrected chi connectivity index (χ1v) is 6.79. The fourth-order valence-corrected chi connectivity index (χ4v) is 1.85.